The zero-order chi connectivity index (χ0) is 42.3. The van der Waals surface area contributed by atoms with Gasteiger partial charge in [0.15, 0.2) is 11.6 Å². The van der Waals surface area contributed by atoms with Gasteiger partial charge in [0.1, 0.15) is 18.2 Å². The van der Waals surface area contributed by atoms with Gasteiger partial charge >= 0.3 is 11.9 Å². The van der Waals surface area contributed by atoms with Crippen molar-refractivity contribution in [2.75, 3.05) is 29.0 Å². The van der Waals surface area contributed by atoms with Crippen LogP contribution in [0.2, 0.25) is 0 Å². The molecule has 0 fully saturated rings. The number of nitrogens with zero attached hydrogens (tertiary/aromatic N) is 1. The highest BCUT2D eigenvalue weighted by molar-refractivity contribution is 6.09. The van der Waals surface area contributed by atoms with Crippen LogP contribution in [0.25, 0.3) is 0 Å². The number of rotatable bonds is 11. The molecule has 1 aliphatic heterocycles. The first-order valence-corrected chi connectivity index (χ1v) is 17.8. The minimum Gasteiger partial charge on any atom is -0.481 e. The van der Waals surface area contributed by atoms with Crippen LogP contribution in [0.1, 0.15) is 85.3 Å². The Bertz CT molecular complexity index is 2340. The Labute approximate surface area is 338 Å². The van der Waals surface area contributed by atoms with Crippen LogP contribution in [-0.4, -0.2) is 87.1 Å². The number of carbonyl (C=O) groups is 7. The molecule has 0 aromatic heterocycles. The van der Waals surface area contributed by atoms with Crippen molar-refractivity contribution in [2.24, 2.45) is 17.4 Å². The molecule has 0 saturated heterocycles. The minimum absolute atomic E-state index is 0. The molecular formula is C42H44N8O9. The molecule has 2 unspecified atom stereocenters. The van der Waals surface area contributed by atoms with Crippen LogP contribution >= 0.6 is 0 Å². The van der Waals surface area contributed by atoms with E-state index in [-0.39, 0.29) is 55.4 Å². The fourth-order valence-corrected chi connectivity index (χ4v) is 6.52. The van der Waals surface area contributed by atoms with Gasteiger partial charge in [0.25, 0.3) is 11.8 Å². The lowest BCUT2D eigenvalue weighted by Crippen LogP contribution is -2.48. The molecular weight excluding hydrogens is 761 g/mol. The second-order valence-electron chi connectivity index (χ2n) is 13.5. The largest absolute Gasteiger partial charge is 0.481 e. The van der Waals surface area contributed by atoms with Gasteiger partial charge in [-0.2, -0.15) is 0 Å². The van der Waals surface area contributed by atoms with E-state index in [9.17, 15) is 33.6 Å². The number of hydrogen-bond donors (Lipinski definition) is 9. The maximum Gasteiger partial charge on any atom is 0.323 e. The van der Waals surface area contributed by atoms with Gasteiger partial charge in [-0.05, 0) is 79.1 Å². The second kappa shape index (κ2) is 19.0. The number of aryl methyl sites for hydroxylation is 1. The molecule has 1 heterocycles. The predicted molar refractivity (Wildman–Crippen MR) is 220 cm³/mol. The van der Waals surface area contributed by atoms with E-state index in [1.165, 1.54) is 6.92 Å². The molecule has 3 amide bonds. The summed E-state index contributed by atoms with van der Waals surface area (Å²) in [6.45, 7) is 0.951. The number of carbonyl (C=O) groups excluding carboxylic acids is 5. The number of amidine groups is 2. The molecule has 306 valence electrons. The number of nitrogens with two attached hydrogens (primary N) is 2. The van der Waals surface area contributed by atoms with Crippen LogP contribution in [0.15, 0.2) is 84.9 Å². The van der Waals surface area contributed by atoms with Crippen molar-refractivity contribution in [1.82, 2.24) is 4.90 Å². The van der Waals surface area contributed by atoms with E-state index < -0.39 is 36.4 Å². The number of nitrogens with one attached hydrogen (secondary N) is 5. The summed E-state index contributed by atoms with van der Waals surface area (Å²) in [7, 11) is 0. The Morgan fingerprint density at radius 1 is 0.729 bits per heavy atom. The topological polar surface area (TPSA) is 299 Å². The van der Waals surface area contributed by atoms with Crippen molar-refractivity contribution in [3.63, 3.8) is 0 Å². The lowest BCUT2D eigenvalue weighted by Gasteiger charge is -2.32. The van der Waals surface area contributed by atoms with Crippen molar-refractivity contribution >= 4 is 70.0 Å². The molecule has 4 aromatic carbocycles. The van der Waals surface area contributed by atoms with Gasteiger partial charge in [-0.25, -0.2) is 0 Å². The number of aliphatic carboxylic acids is 2. The van der Waals surface area contributed by atoms with Crippen molar-refractivity contribution in [3.8, 4) is 0 Å². The highest BCUT2D eigenvalue weighted by Gasteiger charge is 2.34. The number of carboxylic acids is 2. The van der Waals surface area contributed by atoms with Gasteiger partial charge in [0, 0.05) is 63.9 Å². The average Bonchev–Trinajstić information content (AvgIpc) is 3.18. The smallest absolute Gasteiger partial charge is 0.323 e. The zero-order valence-corrected chi connectivity index (χ0v) is 31.1. The minimum atomic E-state index is -1.18. The molecule has 6 rings (SSSR count). The maximum absolute atomic E-state index is 12.9. The molecule has 2 atom stereocenters. The third-order valence-corrected chi connectivity index (χ3v) is 9.49. The molecule has 59 heavy (non-hydrogen) atoms. The quantitative estimate of drug-likeness (QED) is 0.0761. The number of Topliss-reactive ketones (excluding diaryl/α,β-unsaturated/α-hetero) is 2. The van der Waals surface area contributed by atoms with Gasteiger partial charge in [0.05, 0.1) is 18.4 Å². The number of amides is 3. The normalized spacial score (nSPS) is 14.9. The van der Waals surface area contributed by atoms with Crippen molar-refractivity contribution in [2.45, 2.75) is 39.7 Å². The van der Waals surface area contributed by atoms with Crippen molar-refractivity contribution in [1.29, 1.82) is 10.8 Å². The lowest BCUT2D eigenvalue weighted by molar-refractivity contribution is -0.144. The fourth-order valence-electron chi connectivity index (χ4n) is 6.52. The van der Waals surface area contributed by atoms with Crippen LogP contribution < -0.4 is 27.4 Å². The Kier molecular flexibility index (Phi) is 14.2. The molecule has 17 heteroatoms. The number of ketones is 2. The lowest BCUT2D eigenvalue weighted by atomic mass is 9.86. The SMILES string of the molecule is C.CC(=O)N(CC(=O)O)C1CCc2cc(NC(=O)c3ccc(C(=N)N)cc3)ccc2C1=O.N=C(N)c1ccc(C(=O)Nc2ccc3c(c2)NCC(CC(=O)O)C3=O)cc1. The molecule has 17 nitrogen and oxygen atoms in total. The zero-order valence-electron chi connectivity index (χ0n) is 31.1. The third kappa shape index (κ3) is 10.8. The van der Waals surface area contributed by atoms with E-state index in [0.717, 1.165) is 10.5 Å². The summed E-state index contributed by atoms with van der Waals surface area (Å²) in [5.74, 6) is -4.64. The number of benzene rings is 4. The average molecular weight is 805 g/mol. The standard InChI is InChI=1S/C22H22N4O5.C19H18N4O4.CH4/c1-12(27)26(11-19(28)29)18-9-6-15-10-16(7-8-17(15)20(18)30)25-22(31)14-4-2-13(3-5-14)21(23)24;20-18(21)10-1-3-11(4-2-10)19(27)23-13-5-6-14-15(8-13)22-9-12(17(14)26)7-16(24)25;/h2-5,7-8,10,18H,6,9,11H2,1H3,(H3,23,24)(H,25,31)(H,28,29);1-6,8,12,22H,7,9H2,(H3,20,21)(H,23,27)(H,24,25);1H4. The highest BCUT2D eigenvalue weighted by atomic mass is 16.4. The number of carboxylic acid groups (broad SMARTS) is 2. The summed E-state index contributed by atoms with van der Waals surface area (Å²) in [6.07, 6.45) is 0.550. The van der Waals surface area contributed by atoms with Gasteiger partial charge in [0.2, 0.25) is 5.91 Å². The number of anilines is 3. The molecule has 1 aliphatic carbocycles. The summed E-state index contributed by atoms with van der Waals surface area (Å²) >= 11 is 0. The molecule has 11 N–H and O–H groups in total. The van der Waals surface area contributed by atoms with Crippen LogP contribution in [0.4, 0.5) is 17.1 Å². The monoisotopic (exact) mass is 804 g/mol. The van der Waals surface area contributed by atoms with Crippen LogP contribution in [0.5, 0.6) is 0 Å². The number of hydrogen-bond acceptors (Lipinski definition) is 10. The molecule has 0 bridgehead atoms. The van der Waals surface area contributed by atoms with Crippen LogP contribution in [-0.2, 0) is 20.8 Å². The van der Waals surface area contributed by atoms with E-state index >= 15 is 0 Å². The van der Waals surface area contributed by atoms with Gasteiger partial charge in [-0.3, -0.25) is 44.4 Å². The van der Waals surface area contributed by atoms with E-state index in [1.54, 1.807) is 84.9 Å². The van der Waals surface area contributed by atoms with E-state index in [4.69, 9.17) is 32.5 Å². The van der Waals surface area contributed by atoms with E-state index in [2.05, 4.69) is 16.0 Å². The van der Waals surface area contributed by atoms with Crippen molar-refractivity contribution < 1.29 is 43.8 Å². The summed E-state index contributed by atoms with van der Waals surface area (Å²) in [5, 5.41) is 41.2. The molecule has 0 saturated carbocycles. The Morgan fingerprint density at radius 2 is 1.22 bits per heavy atom. The molecule has 0 spiro atoms. The summed E-state index contributed by atoms with van der Waals surface area (Å²) < 4.78 is 0. The van der Waals surface area contributed by atoms with Gasteiger partial charge in [-0.15, -0.1) is 0 Å². The van der Waals surface area contributed by atoms with E-state index in [1.807, 2.05) is 0 Å². The molecule has 4 aromatic rings. The summed E-state index contributed by atoms with van der Waals surface area (Å²) in [6, 6.07) is 21.5. The summed E-state index contributed by atoms with van der Waals surface area (Å²) in [4.78, 5) is 84.9. The van der Waals surface area contributed by atoms with Crippen LogP contribution in [0.3, 0.4) is 0 Å². The first-order chi connectivity index (χ1) is 27.5. The van der Waals surface area contributed by atoms with Gasteiger partial charge < -0.3 is 42.5 Å². The Morgan fingerprint density at radius 3 is 1.69 bits per heavy atom. The second-order valence-corrected chi connectivity index (χ2v) is 13.5. The predicted octanol–water partition coefficient (Wildman–Crippen LogP) is 4.21. The highest BCUT2D eigenvalue weighted by Crippen LogP contribution is 2.30. The Hall–Kier alpha value is -7.69. The van der Waals surface area contributed by atoms with Gasteiger partial charge in [-0.1, -0.05) is 31.7 Å². The number of nitrogen functional groups attached to an aromatic ring is 2. The Balaban J connectivity index is 0.000000259. The molecule has 2 aliphatic rings. The van der Waals surface area contributed by atoms with Crippen LogP contribution in [0, 0.1) is 16.7 Å². The third-order valence-electron chi connectivity index (χ3n) is 9.49. The van der Waals surface area contributed by atoms with Crippen molar-refractivity contribution in [3.05, 3.63) is 124 Å². The summed E-state index contributed by atoms with van der Waals surface area (Å²) in [5.41, 5.74) is 15.8. The van der Waals surface area contributed by atoms with E-state index in [0.29, 0.717) is 63.3 Å². The first kappa shape index (κ1) is 44.0. The molecule has 0 radical (unpaired) electrons. The maximum atomic E-state index is 12.9. The number of fused-ring (bicyclic) bond motifs is 2. The first-order valence-electron chi connectivity index (χ1n) is 17.8. The fraction of sp³-hybridized carbons (Fsp3) is 0.214.